The molecule has 0 bridgehead atoms. The molecule has 3 rings (SSSR count). The number of methoxy groups -OCH3 is 1. The highest BCUT2D eigenvalue weighted by Gasteiger charge is 2.30. The normalized spacial score (nSPS) is 13.1. The van der Waals surface area contributed by atoms with Crippen molar-refractivity contribution in [3.63, 3.8) is 0 Å². The van der Waals surface area contributed by atoms with Gasteiger partial charge in [-0.2, -0.15) is 0 Å². The van der Waals surface area contributed by atoms with Crippen LogP contribution in [0.1, 0.15) is 18.1 Å². The lowest BCUT2D eigenvalue weighted by atomic mass is 10.0. The summed E-state index contributed by atoms with van der Waals surface area (Å²) < 4.78 is 12.3. The van der Waals surface area contributed by atoms with Crippen LogP contribution in [-0.4, -0.2) is 36.1 Å². The smallest absolute Gasteiger partial charge is 0.412 e. The first kappa shape index (κ1) is 22.6. The van der Waals surface area contributed by atoms with Crippen LogP contribution in [0.4, 0.5) is 10.5 Å². The van der Waals surface area contributed by atoms with Crippen LogP contribution in [0.15, 0.2) is 63.5 Å². The summed E-state index contributed by atoms with van der Waals surface area (Å²) in [6.07, 6.45) is -2.11. The van der Waals surface area contributed by atoms with Crippen LogP contribution in [0, 0.1) is 0 Å². The predicted molar refractivity (Wildman–Crippen MR) is 123 cm³/mol. The van der Waals surface area contributed by atoms with E-state index in [2.05, 4.69) is 37.2 Å². The molecule has 6 nitrogen and oxygen atoms in total. The highest BCUT2D eigenvalue weighted by atomic mass is 79.9. The first-order chi connectivity index (χ1) is 14.4. The molecule has 0 aliphatic rings. The summed E-state index contributed by atoms with van der Waals surface area (Å²) in [6, 6.07) is 16.6. The number of phenolic OH excluding ortho intramolecular Hbond substituents is 1. The van der Waals surface area contributed by atoms with Crippen molar-refractivity contribution in [2.24, 2.45) is 0 Å². The third-order valence-electron chi connectivity index (χ3n) is 4.68. The van der Waals surface area contributed by atoms with E-state index >= 15 is 0 Å². The number of nitrogens with one attached hydrogen (secondary N) is 1. The summed E-state index contributed by atoms with van der Waals surface area (Å²) in [6.45, 7) is -0.167. The summed E-state index contributed by atoms with van der Waals surface area (Å²) in [7, 11) is 1.46. The second kappa shape index (κ2) is 10.3. The largest absolute Gasteiger partial charge is 0.506 e. The predicted octanol–water partition coefficient (Wildman–Crippen LogP) is 5.76. The van der Waals surface area contributed by atoms with Crippen molar-refractivity contribution >= 4 is 54.4 Å². The number of hydrogen-bond donors (Lipinski definition) is 3. The number of rotatable bonds is 7. The van der Waals surface area contributed by atoms with Gasteiger partial charge in [0.15, 0.2) is 6.10 Å². The molecule has 0 radical (unpaired) electrons. The lowest BCUT2D eigenvalue weighted by Gasteiger charge is -2.27. The number of aliphatic hydroxyl groups excluding tert-OH is 1. The SMILES string of the molecule is CO[C@H](CCO)[C@H](OC(=O)Nc1cccc2ccccc12)c1cc(Br)cc(Br)c1O. The van der Waals surface area contributed by atoms with Crippen molar-refractivity contribution < 1.29 is 24.5 Å². The molecule has 1 amide bonds. The second-order valence-electron chi connectivity index (χ2n) is 6.59. The van der Waals surface area contributed by atoms with Gasteiger partial charge in [0, 0.05) is 35.6 Å². The fourth-order valence-electron chi connectivity index (χ4n) is 3.25. The maximum absolute atomic E-state index is 12.8. The molecule has 3 aromatic rings. The van der Waals surface area contributed by atoms with Crippen LogP contribution >= 0.6 is 31.9 Å². The summed E-state index contributed by atoms with van der Waals surface area (Å²) in [5.41, 5.74) is 0.956. The second-order valence-corrected chi connectivity index (χ2v) is 8.36. The summed E-state index contributed by atoms with van der Waals surface area (Å²) >= 11 is 6.68. The summed E-state index contributed by atoms with van der Waals surface area (Å²) in [5, 5.41) is 24.6. The molecule has 3 N–H and O–H groups in total. The van der Waals surface area contributed by atoms with Crippen LogP contribution in [0.3, 0.4) is 0 Å². The Balaban J connectivity index is 1.92. The van der Waals surface area contributed by atoms with Gasteiger partial charge in [0.2, 0.25) is 0 Å². The molecule has 2 atom stereocenters. The number of halogens is 2. The molecule has 0 unspecified atom stereocenters. The zero-order valence-corrected chi connectivity index (χ0v) is 19.3. The molecule has 0 fully saturated rings. The van der Waals surface area contributed by atoms with Crippen LogP contribution in [0.5, 0.6) is 5.75 Å². The maximum atomic E-state index is 12.8. The Morgan fingerprint density at radius 2 is 1.87 bits per heavy atom. The number of benzene rings is 3. The molecule has 0 spiro atoms. The number of ether oxygens (including phenoxy) is 2. The molecule has 0 saturated carbocycles. The average molecular weight is 539 g/mol. The van der Waals surface area contributed by atoms with Gasteiger partial charge in [-0.25, -0.2) is 4.79 Å². The number of aliphatic hydroxyl groups is 1. The van der Waals surface area contributed by atoms with E-state index in [4.69, 9.17) is 9.47 Å². The van der Waals surface area contributed by atoms with E-state index in [1.807, 2.05) is 36.4 Å². The Kier molecular flexibility index (Phi) is 7.71. The fraction of sp³-hybridized carbons (Fsp3) is 0.227. The molecule has 8 heteroatoms. The summed E-state index contributed by atoms with van der Waals surface area (Å²) in [4.78, 5) is 12.8. The minimum absolute atomic E-state index is 0.0684. The molecule has 0 saturated heterocycles. The Morgan fingerprint density at radius 3 is 2.60 bits per heavy atom. The standard InChI is InChI=1S/C22H21Br2NO5/c1-29-19(9-10-26)21(16-11-14(23)12-17(24)20(16)27)30-22(28)25-18-8-4-6-13-5-2-3-7-15(13)18/h2-8,11-12,19,21,26-27H,9-10H2,1H3,(H,25,28)/t19-,21-/m1/s1. The first-order valence-corrected chi connectivity index (χ1v) is 10.8. The van der Waals surface area contributed by atoms with Crippen molar-refractivity contribution in [1.82, 2.24) is 0 Å². The highest BCUT2D eigenvalue weighted by molar-refractivity contribution is 9.11. The highest BCUT2D eigenvalue weighted by Crippen LogP contribution is 2.39. The number of phenols is 1. The Labute approximate surface area is 191 Å². The van der Waals surface area contributed by atoms with E-state index in [1.165, 1.54) is 7.11 Å². The number of carbonyl (C=O) groups excluding carboxylic acids is 1. The van der Waals surface area contributed by atoms with Gasteiger partial charge in [-0.15, -0.1) is 0 Å². The number of amides is 1. The average Bonchev–Trinajstić information content (AvgIpc) is 2.73. The van der Waals surface area contributed by atoms with Gasteiger partial charge in [-0.3, -0.25) is 5.32 Å². The third-order valence-corrected chi connectivity index (χ3v) is 5.74. The van der Waals surface area contributed by atoms with Crippen molar-refractivity contribution in [3.8, 4) is 5.75 Å². The molecule has 0 aliphatic heterocycles. The number of carbonyl (C=O) groups is 1. The van der Waals surface area contributed by atoms with Crippen LogP contribution in [0.25, 0.3) is 10.8 Å². The molecular weight excluding hydrogens is 518 g/mol. The van der Waals surface area contributed by atoms with E-state index in [0.717, 1.165) is 10.8 Å². The minimum Gasteiger partial charge on any atom is -0.506 e. The van der Waals surface area contributed by atoms with Gasteiger partial charge in [-0.1, -0.05) is 52.3 Å². The molecule has 3 aromatic carbocycles. The fourth-order valence-corrected chi connectivity index (χ4v) is 4.51. The van der Waals surface area contributed by atoms with E-state index in [-0.39, 0.29) is 18.8 Å². The summed E-state index contributed by atoms with van der Waals surface area (Å²) in [5.74, 6) is -0.0684. The van der Waals surface area contributed by atoms with Gasteiger partial charge < -0.3 is 19.7 Å². The lowest BCUT2D eigenvalue weighted by molar-refractivity contribution is -0.0314. The van der Waals surface area contributed by atoms with Crippen molar-refractivity contribution in [2.75, 3.05) is 19.0 Å². The Morgan fingerprint density at radius 1 is 1.13 bits per heavy atom. The van der Waals surface area contributed by atoms with Crippen molar-refractivity contribution in [1.29, 1.82) is 0 Å². The third kappa shape index (κ3) is 5.13. The van der Waals surface area contributed by atoms with Gasteiger partial charge in [0.05, 0.1) is 10.2 Å². The molecule has 0 heterocycles. The van der Waals surface area contributed by atoms with Gasteiger partial charge in [0.1, 0.15) is 11.9 Å². The van der Waals surface area contributed by atoms with E-state index in [0.29, 0.717) is 20.2 Å². The van der Waals surface area contributed by atoms with Gasteiger partial charge in [-0.05, 0) is 39.5 Å². The topological polar surface area (TPSA) is 88.0 Å². The van der Waals surface area contributed by atoms with Crippen molar-refractivity contribution in [3.05, 3.63) is 69.1 Å². The molecule has 158 valence electrons. The quantitative estimate of drug-likeness (QED) is 0.356. The van der Waals surface area contributed by atoms with Crippen LogP contribution < -0.4 is 5.32 Å². The maximum Gasteiger partial charge on any atom is 0.412 e. The molecule has 0 aliphatic carbocycles. The lowest BCUT2D eigenvalue weighted by Crippen LogP contribution is -2.29. The number of aromatic hydroxyl groups is 1. The Hall–Kier alpha value is -2.13. The van der Waals surface area contributed by atoms with E-state index in [1.54, 1.807) is 18.2 Å². The number of hydrogen-bond acceptors (Lipinski definition) is 5. The van der Waals surface area contributed by atoms with Gasteiger partial charge in [0.25, 0.3) is 0 Å². The first-order valence-electron chi connectivity index (χ1n) is 9.21. The monoisotopic (exact) mass is 537 g/mol. The van der Waals surface area contributed by atoms with E-state index in [9.17, 15) is 15.0 Å². The molecule has 30 heavy (non-hydrogen) atoms. The number of anilines is 1. The van der Waals surface area contributed by atoms with Crippen LogP contribution in [0.2, 0.25) is 0 Å². The van der Waals surface area contributed by atoms with Crippen molar-refractivity contribution in [2.45, 2.75) is 18.6 Å². The minimum atomic E-state index is -0.953. The van der Waals surface area contributed by atoms with E-state index < -0.39 is 18.3 Å². The Bertz CT molecular complexity index is 1040. The van der Waals surface area contributed by atoms with Crippen LogP contribution in [-0.2, 0) is 9.47 Å². The number of fused-ring (bicyclic) bond motifs is 1. The van der Waals surface area contributed by atoms with Gasteiger partial charge >= 0.3 is 6.09 Å². The zero-order chi connectivity index (χ0) is 21.7. The molecular formula is C22H21Br2NO5. The molecule has 0 aromatic heterocycles. The zero-order valence-electron chi connectivity index (χ0n) is 16.1.